The van der Waals surface area contributed by atoms with Crippen LogP contribution >= 0.6 is 0 Å². The van der Waals surface area contributed by atoms with Crippen LogP contribution in [0.15, 0.2) is 24.3 Å². The average Bonchev–Trinajstić information content (AvgIpc) is 2.52. The number of nitrogens with one attached hydrogen (secondary N) is 1. The first-order valence-corrected chi connectivity index (χ1v) is 8.14. The van der Waals surface area contributed by atoms with Gasteiger partial charge < -0.3 is 10.4 Å². The van der Waals surface area contributed by atoms with Crippen molar-refractivity contribution in [1.82, 2.24) is 5.32 Å². The summed E-state index contributed by atoms with van der Waals surface area (Å²) < 4.78 is 0. The number of aromatic carboxylic acids is 1. The van der Waals surface area contributed by atoms with E-state index in [-0.39, 0.29) is 17.4 Å². The fraction of sp³-hybridized carbons (Fsp3) is 0.556. The van der Waals surface area contributed by atoms with Crippen LogP contribution in [0.4, 0.5) is 0 Å². The van der Waals surface area contributed by atoms with E-state index in [1.54, 1.807) is 24.3 Å². The molecule has 0 aliphatic rings. The van der Waals surface area contributed by atoms with Crippen molar-refractivity contribution in [2.24, 2.45) is 5.92 Å². The summed E-state index contributed by atoms with van der Waals surface area (Å²) in [6.45, 7) is 4.60. The minimum Gasteiger partial charge on any atom is -0.478 e. The molecule has 0 aliphatic heterocycles. The van der Waals surface area contributed by atoms with Crippen LogP contribution in [0.3, 0.4) is 0 Å². The van der Waals surface area contributed by atoms with E-state index in [2.05, 4.69) is 12.2 Å². The lowest BCUT2D eigenvalue weighted by molar-refractivity contribution is -0.124. The number of carbonyl (C=O) groups excluding carboxylic acids is 1. The molecule has 1 aromatic carbocycles. The quantitative estimate of drug-likeness (QED) is 0.642. The minimum absolute atomic E-state index is 0.0277. The molecule has 0 saturated heterocycles. The van der Waals surface area contributed by atoms with Gasteiger partial charge in [-0.25, -0.2) is 4.79 Å². The van der Waals surface area contributed by atoms with Gasteiger partial charge in [-0.3, -0.25) is 4.79 Å². The second kappa shape index (κ2) is 9.98. The maximum atomic E-state index is 12.0. The Morgan fingerprint density at radius 3 is 2.32 bits per heavy atom. The highest BCUT2D eigenvalue weighted by atomic mass is 16.4. The molecule has 0 aromatic heterocycles. The highest BCUT2D eigenvalue weighted by Gasteiger charge is 2.12. The summed E-state index contributed by atoms with van der Waals surface area (Å²) in [6.07, 6.45) is 6.97. The zero-order chi connectivity index (χ0) is 16.4. The number of benzene rings is 1. The molecule has 122 valence electrons. The van der Waals surface area contributed by atoms with Crippen molar-refractivity contribution < 1.29 is 14.7 Å². The number of unbranched alkanes of at least 4 members (excludes halogenated alkanes) is 4. The fourth-order valence-corrected chi connectivity index (χ4v) is 2.31. The molecule has 1 atom stereocenters. The Morgan fingerprint density at radius 2 is 1.73 bits per heavy atom. The van der Waals surface area contributed by atoms with Gasteiger partial charge in [-0.2, -0.15) is 0 Å². The SMILES string of the molecule is CCCCCCCC(C)C(=O)NCc1ccc(C(=O)O)cc1. The molecule has 1 unspecified atom stereocenters. The molecule has 1 aromatic rings. The van der Waals surface area contributed by atoms with Gasteiger partial charge in [-0.05, 0) is 24.1 Å². The maximum absolute atomic E-state index is 12.0. The van der Waals surface area contributed by atoms with Crippen LogP contribution in [0.1, 0.15) is 68.3 Å². The largest absolute Gasteiger partial charge is 0.478 e. The van der Waals surface area contributed by atoms with Gasteiger partial charge in [0.25, 0.3) is 0 Å². The van der Waals surface area contributed by atoms with E-state index in [1.165, 1.54) is 25.7 Å². The number of hydrogen-bond donors (Lipinski definition) is 2. The van der Waals surface area contributed by atoms with Gasteiger partial charge in [0.2, 0.25) is 5.91 Å². The van der Waals surface area contributed by atoms with Crippen molar-refractivity contribution in [3.63, 3.8) is 0 Å². The van der Waals surface area contributed by atoms with Crippen LogP contribution in [-0.4, -0.2) is 17.0 Å². The zero-order valence-electron chi connectivity index (χ0n) is 13.6. The number of hydrogen-bond acceptors (Lipinski definition) is 2. The third-order valence-electron chi connectivity index (χ3n) is 3.86. The molecule has 4 heteroatoms. The smallest absolute Gasteiger partial charge is 0.335 e. The fourth-order valence-electron chi connectivity index (χ4n) is 2.31. The normalized spacial score (nSPS) is 11.9. The molecule has 0 spiro atoms. The third-order valence-corrected chi connectivity index (χ3v) is 3.86. The summed E-state index contributed by atoms with van der Waals surface area (Å²) in [6, 6.07) is 6.58. The van der Waals surface area contributed by atoms with E-state index >= 15 is 0 Å². The Kier molecular flexibility index (Phi) is 8.26. The highest BCUT2D eigenvalue weighted by Crippen LogP contribution is 2.12. The van der Waals surface area contributed by atoms with Crippen LogP contribution in [0.2, 0.25) is 0 Å². The lowest BCUT2D eigenvalue weighted by atomic mass is 10.0. The van der Waals surface area contributed by atoms with Crippen LogP contribution in [0.5, 0.6) is 0 Å². The number of carboxylic acids is 1. The summed E-state index contributed by atoms with van der Waals surface area (Å²) in [7, 11) is 0. The molecule has 0 aliphatic carbocycles. The average molecular weight is 305 g/mol. The molecular weight excluding hydrogens is 278 g/mol. The second-order valence-electron chi connectivity index (χ2n) is 5.82. The zero-order valence-corrected chi connectivity index (χ0v) is 13.6. The van der Waals surface area contributed by atoms with Crippen LogP contribution in [0, 0.1) is 5.92 Å². The van der Waals surface area contributed by atoms with Gasteiger partial charge >= 0.3 is 5.97 Å². The molecule has 1 rings (SSSR count). The van der Waals surface area contributed by atoms with Crippen LogP contribution in [-0.2, 0) is 11.3 Å². The monoisotopic (exact) mass is 305 g/mol. The van der Waals surface area contributed by atoms with Crippen LogP contribution in [0.25, 0.3) is 0 Å². The Hall–Kier alpha value is -1.84. The summed E-state index contributed by atoms with van der Waals surface area (Å²) in [5.74, 6) is -0.843. The summed E-state index contributed by atoms with van der Waals surface area (Å²) in [5.41, 5.74) is 1.17. The molecule has 0 fully saturated rings. The van der Waals surface area contributed by atoms with E-state index in [0.29, 0.717) is 6.54 Å². The number of amides is 1. The minimum atomic E-state index is -0.938. The second-order valence-corrected chi connectivity index (χ2v) is 5.82. The molecule has 1 amide bonds. The maximum Gasteiger partial charge on any atom is 0.335 e. The molecule has 4 nitrogen and oxygen atoms in total. The van der Waals surface area contributed by atoms with Crippen molar-refractivity contribution in [3.8, 4) is 0 Å². The van der Waals surface area contributed by atoms with Crippen molar-refractivity contribution in [2.45, 2.75) is 58.9 Å². The van der Waals surface area contributed by atoms with E-state index < -0.39 is 5.97 Å². The molecule has 0 heterocycles. The molecule has 0 radical (unpaired) electrons. The predicted molar refractivity (Wildman–Crippen MR) is 87.8 cm³/mol. The first-order valence-electron chi connectivity index (χ1n) is 8.14. The predicted octanol–water partition coefficient (Wildman–Crippen LogP) is 4.00. The Morgan fingerprint density at radius 1 is 1.09 bits per heavy atom. The van der Waals surface area contributed by atoms with E-state index in [0.717, 1.165) is 18.4 Å². The van der Waals surface area contributed by atoms with Crippen LogP contribution < -0.4 is 5.32 Å². The number of carbonyl (C=O) groups is 2. The first-order chi connectivity index (χ1) is 10.5. The third kappa shape index (κ3) is 6.74. The van der Waals surface area contributed by atoms with Gasteiger partial charge in [-0.1, -0.05) is 58.1 Å². The van der Waals surface area contributed by atoms with E-state index in [4.69, 9.17) is 5.11 Å². The van der Waals surface area contributed by atoms with Gasteiger partial charge in [-0.15, -0.1) is 0 Å². The summed E-state index contributed by atoms with van der Waals surface area (Å²) in [5, 5.41) is 11.7. The molecule has 2 N–H and O–H groups in total. The van der Waals surface area contributed by atoms with E-state index in [1.807, 2.05) is 6.92 Å². The number of carboxylic acid groups (broad SMARTS) is 1. The summed E-state index contributed by atoms with van der Waals surface area (Å²) in [4.78, 5) is 22.8. The topological polar surface area (TPSA) is 66.4 Å². The summed E-state index contributed by atoms with van der Waals surface area (Å²) >= 11 is 0. The van der Waals surface area contributed by atoms with Gasteiger partial charge in [0, 0.05) is 12.5 Å². The van der Waals surface area contributed by atoms with E-state index in [9.17, 15) is 9.59 Å². The molecule has 0 saturated carbocycles. The molecule has 22 heavy (non-hydrogen) atoms. The molecule has 0 bridgehead atoms. The van der Waals surface area contributed by atoms with Crippen molar-refractivity contribution >= 4 is 11.9 Å². The Balaban J connectivity index is 2.28. The Bertz CT molecular complexity index is 468. The lowest BCUT2D eigenvalue weighted by Gasteiger charge is -2.12. The number of rotatable bonds is 10. The van der Waals surface area contributed by atoms with Gasteiger partial charge in [0.05, 0.1) is 5.56 Å². The van der Waals surface area contributed by atoms with Crippen molar-refractivity contribution in [1.29, 1.82) is 0 Å². The molecular formula is C18H27NO3. The van der Waals surface area contributed by atoms with Crippen molar-refractivity contribution in [2.75, 3.05) is 0 Å². The van der Waals surface area contributed by atoms with Gasteiger partial charge in [0.1, 0.15) is 0 Å². The standard InChI is InChI=1S/C18H27NO3/c1-3-4-5-6-7-8-14(2)17(20)19-13-15-9-11-16(12-10-15)18(21)22/h9-12,14H,3-8,13H2,1-2H3,(H,19,20)(H,21,22). The van der Waals surface area contributed by atoms with Gasteiger partial charge in [0.15, 0.2) is 0 Å². The Labute approximate surface area is 132 Å². The highest BCUT2D eigenvalue weighted by molar-refractivity contribution is 5.87. The lowest BCUT2D eigenvalue weighted by Crippen LogP contribution is -2.28. The van der Waals surface area contributed by atoms with Crippen molar-refractivity contribution in [3.05, 3.63) is 35.4 Å². The first kappa shape index (κ1) is 18.2.